The summed E-state index contributed by atoms with van der Waals surface area (Å²) in [6, 6.07) is 18.3. The van der Waals surface area contributed by atoms with Crippen LogP contribution in [0.5, 0.6) is 0 Å². The number of hydrogen-bond acceptors (Lipinski definition) is 2. The first-order chi connectivity index (χ1) is 10.9. The third-order valence-electron chi connectivity index (χ3n) is 4.22. The topological polar surface area (TPSA) is 49.3 Å². The molecule has 1 unspecified atom stereocenters. The largest absolute Gasteiger partial charge is 0.396 e. The van der Waals surface area contributed by atoms with Gasteiger partial charge >= 0.3 is 0 Å². The summed E-state index contributed by atoms with van der Waals surface area (Å²) in [6.45, 7) is 5.83. The average Bonchev–Trinajstić information content (AvgIpc) is 2.56. The van der Waals surface area contributed by atoms with Crippen LogP contribution in [0.1, 0.15) is 32.8 Å². The molecule has 0 bridgehead atoms. The molecule has 3 nitrogen and oxygen atoms in total. The van der Waals surface area contributed by atoms with Crippen LogP contribution in [0.3, 0.4) is 0 Å². The van der Waals surface area contributed by atoms with Gasteiger partial charge in [0, 0.05) is 12.6 Å². The monoisotopic (exact) mass is 311 g/mol. The maximum Gasteiger partial charge on any atom is 0.230 e. The van der Waals surface area contributed by atoms with Gasteiger partial charge in [-0.15, -0.1) is 0 Å². The van der Waals surface area contributed by atoms with Crippen molar-refractivity contribution in [1.82, 2.24) is 5.32 Å². The van der Waals surface area contributed by atoms with Crippen molar-refractivity contribution in [3.63, 3.8) is 0 Å². The molecule has 2 aromatic rings. The highest BCUT2D eigenvalue weighted by molar-refractivity contribution is 5.87. The Hall–Kier alpha value is -2.13. The molecule has 2 aromatic carbocycles. The first kappa shape index (κ1) is 17.2. The lowest BCUT2D eigenvalue weighted by molar-refractivity contribution is -0.126. The Morgan fingerprint density at radius 2 is 1.61 bits per heavy atom. The van der Waals surface area contributed by atoms with Crippen molar-refractivity contribution in [2.24, 2.45) is 0 Å². The van der Waals surface area contributed by atoms with E-state index < -0.39 is 5.41 Å². The number of aliphatic hydroxyl groups is 1. The van der Waals surface area contributed by atoms with Gasteiger partial charge in [0.1, 0.15) is 0 Å². The van der Waals surface area contributed by atoms with E-state index in [9.17, 15) is 4.79 Å². The molecule has 0 fully saturated rings. The zero-order valence-electron chi connectivity index (χ0n) is 14.0. The predicted molar refractivity (Wildman–Crippen MR) is 94.2 cm³/mol. The lowest BCUT2D eigenvalue weighted by Gasteiger charge is -2.26. The molecule has 0 heterocycles. The van der Waals surface area contributed by atoms with Crippen LogP contribution in [-0.4, -0.2) is 23.7 Å². The highest BCUT2D eigenvalue weighted by Crippen LogP contribution is 2.27. The van der Waals surface area contributed by atoms with E-state index in [2.05, 4.69) is 29.6 Å². The summed E-state index contributed by atoms with van der Waals surface area (Å²) in [5.41, 5.74) is 2.67. The van der Waals surface area contributed by atoms with Gasteiger partial charge in [-0.25, -0.2) is 0 Å². The van der Waals surface area contributed by atoms with Crippen molar-refractivity contribution in [2.45, 2.75) is 38.6 Å². The Morgan fingerprint density at radius 3 is 2.17 bits per heavy atom. The van der Waals surface area contributed by atoms with E-state index in [0.717, 1.165) is 16.7 Å². The molecule has 0 radical (unpaired) electrons. The Balaban J connectivity index is 2.15. The number of carbonyl (C=O) groups excluding carboxylic acids is 1. The minimum atomic E-state index is -0.612. The number of amides is 1. The molecular formula is C20H25NO2. The van der Waals surface area contributed by atoms with Gasteiger partial charge < -0.3 is 10.4 Å². The number of nitrogens with one attached hydrogen (secondary N) is 1. The van der Waals surface area contributed by atoms with E-state index in [1.807, 2.05) is 51.1 Å². The predicted octanol–water partition coefficient (Wildman–Crippen LogP) is 3.52. The average molecular weight is 311 g/mol. The minimum absolute atomic E-state index is 0.0223. The molecule has 0 aliphatic rings. The lowest BCUT2D eigenvalue weighted by Crippen LogP contribution is -2.44. The summed E-state index contributed by atoms with van der Waals surface area (Å²) in [5, 5.41) is 11.9. The van der Waals surface area contributed by atoms with Crippen LogP contribution in [-0.2, 0) is 10.2 Å². The second kappa shape index (κ2) is 7.42. The molecular weight excluding hydrogens is 286 g/mol. The lowest BCUT2D eigenvalue weighted by atomic mass is 9.82. The van der Waals surface area contributed by atoms with Gasteiger partial charge in [-0.2, -0.15) is 0 Å². The standard InChI is InChI=1S/C20H25NO2/c1-15(13-14-22)21-19(23)20(2,3)18-11-9-17(10-12-18)16-7-5-4-6-8-16/h4-12,15,22H,13-14H2,1-3H3,(H,21,23). The molecule has 122 valence electrons. The van der Waals surface area contributed by atoms with Crippen molar-refractivity contribution in [1.29, 1.82) is 0 Å². The summed E-state index contributed by atoms with van der Waals surface area (Å²) in [5.74, 6) is -0.0223. The van der Waals surface area contributed by atoms with Crippen LogP contribution in [0.2, 0.25) is 0 Å². The third-order valence-corrected chi connectivity index (χ3v) is 4.22. The summed E-state index contributed by atoms with van der Waals surface area (Å²) in [7, 11) is 0. The number of hydrogen-bond donors (Lipinski definition) is 2. The van der Waals surface area contributed by atoms with Gasteiger partial charge in [-0.05, 0) is 43.9 Å². The number of rotatable bonds is 6. The highest BCUT2D eigenvalue weighted by Gasteiger charge is 2.30. The first-order valence-electron chi connectivity index (χ1n) is 8.03. The van der Waals surface area contributed by atoms with Crippen molar-refractivity contribution in [2.75, 3.05) is 6.61 Å². The van der Waals surface area contributed by atoms with E-state index in [4.69, 9.17) is 5.11 Å². The quantitative estimate of drug-likeness (QED) is 0.857. The summed E-state index contributed by atoms with van der Waals surface area (Å²) < 4.78 is 0. The molecule has 0 spiro atoms. The van der Waals surface area contributed by atoms with Crippen molar-refractivity contribution in [3.05, 3.63) is 60.2 Å². The summed E-state index contributed by atoms with van der Waals surface area (Å²) in [4.78, 5) is 12.5. The zero-order chi connectivity index (χ0) is 16.9. The van der Waals surface area contributed by atoms with Crippen LogP contribution in [0.15, 0.2) is 54.6 Å². The normalized spacial score (nSPS) is 12.7. The molecule has 3 heteroatoms. The van der Waals surface area contributed by atoms with Crippen molar-refractivity contribution < 1.29 is 9.90 Å². The van der Waals surface area contributed by atoms with Gasteiger partial charge in [0.2, 0.25) is 5.91 Å². The fourth-order valence-electron chi connectivity index (χ4n) is 2.51. The molecule has 0 aromatic heterocycles. The maximum atomic E-state index is 12.5. The van der Waals surface area contributed by atoms with Gasteiger partial charge in [0.15, 0.2) is 0 Å². The smallest absolute Gasteiger partial charge is 0.230 e. The van der Waals surface area contributed by atoms with Crippen LogP contribution in [0, 0.1) is 0 Å². The van der Waals surface area contributed by atoms with Crippen LogP contribution in [0.4, 0.5) is 0 Å². The highest BCUT2D eigenvalue weighted by atomic mass is 16.3. The molecule has 0 saturated carbocycles. The van der Waals surface area contributed by atoms with Gasteiger partial charge in [0.25, 0.3) is 0 Å². The minimum Gasteiger partial charge on any atom is -0.396 e. The summed E-state index contributed by atoms with van der Waals surface area (Å²) in [6.07, 6.45) is 0.564. The molecule has 23 heavy (non-hydrogen) atoms. The van der Waals surface area contributed by atoms with E-state index >= 15 is 0 Å². The molecule has 2 N–H and O–H groups in total. The molecule has 0 saturated heterocycles. The second-order valence-electron chi connectivity index (χ2n) is 6.46. The second-order valence-corrected chi connectivity index (χ2v) is 6.46. The molecule has 1 amide bonds. The van der Waals surface area contributed by atoms with E-state index in [0.29, 0.717) is 6.42 Å². The first-order valence-corrected chi connectivity index (χ1v) is 8.03. The zero-order valence-corrected chi connectivity index (χ0v) is 14.0. The molecule has 2 rings (SSSR count). The SMILES string of the molecule is CC(CCO)NC(=O)C(C)(C)c1ccc(-c2ccccc2)cc1. The Kier molecular flexibility index (Phi) is 5.56. The Morgan fingerprint density at radius 1 is 1.04 bits per heavy atom. The summed E-state index contributed by atoms with van der Waals surface area (Å²) >= 11 is 0. The number of benzene rings is 2. The van der Waals surface area contributed by atoms with E-state index in [-0.39, 0.29) is 18.6 Å². The van der Waals surface area contributed by atoms with Gasteiger partial charge in [-0.3, -0.25) is 4.79 Å². The number of aliphatic hydroxyl groups excluding tert-OH is 1. The fourth-order valence-corrected chi connectivity index (χ4v) is 2.51. The fraction of sp³-hybridized carbons (Fsp3) is 0.350. The Labute approximate surface area is 138 Å². The maximum absolute atomic E-state index is 12.5. The number of carbonyl (C=O) groups is 1. The van der Waals surface area contributed by atoms with Crippen LogP contribution >= 0.6 is 0 Å². The van der Waals surface area contributed by atoms with Gasteiger partial charge in [-0.1, -0.05) is 54.6 Å². The Bertz CT molecular complexity index is 632. The van der Waals surface area contributed by atoms with Crippen LogP contribution < -0.4 is 5.32 Å². The van der Waals surface area contributed by atoms with E-state index in [1.54, 1.807) is 0 Å². The molecule has 0 aliphatic heterocycles. The van der Waals surface area contributed by atoms with Crippen molar-refractivity contribution in [3.8, 4) is 11.1 Å². The molecule has 1 atom stereocenters. The molecule has 0 aliphatic carbocycles. The van der Waals surface area contributed by atoms with Gasteiger partial charge in [0.05, 0.1) is 5.41 Å². The van der Waals surface area contributed by atoms with Crippen molar-refractivity contribution >= 4 is 5.91 Å². The van der Waals surface area contributed by atoms with Crippen LogP contribution in [0.25, 0.3) is 11.1 Å². The van der Waals surface area contributed by atoms with E-state index in [1.165, 1.54) is 0 Å². The third kappa shape index (κ3) is 4.20.